The van der Waals surface area contributed by atoms with Crippen LogP contribution in [0.1, 0.15) is 22.8 Å². The standard InChI is InChI=1S/C14H11BrCl2O/c1-8-2-4-10(12(15)6-8)14(18)11-5-3-9(16)7-13(11)17/h2-7,14,18H,1H3. The van der Waals surface area contributed by atoms with Gasteiger partial charge in [-0.1, -0.05) is 57.3 Å². The van der Waals surface area contributed by atoms with Crippen LogP contribution in [-0.2, 0) is 0 Å². The summed E-state index contributed by atoms with van der Waals surface area (Å²) in [5.74, 6) is 0. The number of halogens is 3. The van der Waals surface area contributed by atoms with Gasteiger partial charge in [0, 0.05) is 20.1 Å². The molecule has 0 amide bonds. The second-order valence-electron chi connectivity index (χ2n) is 4.09. The Labute approximate surface area is 124 Å². The largest absolute Gasteiger partial charge is 0.384 e. The van der Waals surface area contributed by atoms with Crippen molar-refractivity contribution in [3.63, 3.8) is 0 Å². The van der Waals surface area contributed by atoms with E-state index in [1.54, 1.807) is 18.2 Å². The zero-order valence-corrected chi connectivity index (χ0v) is 12.7. The molecule has 1 atom stereocenters. The molecule has 2 aromatic carbocycles. The number of benzene rings is 2. The molecule has 0 fully saturated rings. The number of aliphatic hydroxyl groups excluding tert-OH is 1. The van der Waals surface area contributed by atoms with Gasteiger partial charge < -0.3 is 5.11 Å². The first-order chi connectivity index (χ1) is 8.49. The summed E-state index contributed by atoms with van der Waals surface area (Å²) >= 11 is 15.4. The first kappa shape index (κ1) is 13.9. The smallest absolute Gasteiger partial charge is 0.107 e. The molecule has 1 N–H and O–H groups in total. The molecule has 1 unspecified atom stereocenters. The van der Waals surface area contributed by atoms with Gasteiger partial charge >= 0.3 is 0 Å². The van der Waals surface area contributed by atoms with Gasteiger partial charge in [0.25, 0.3) is 0 Å². The van der Waals surface area contributed by atoms with Crippen LogP contribution < -0.4 is 0 Å². The molecule has 0 aliphatic rings. The summed E-state index contributed by atoms with van der Waals surface area (Å²) in [5.41, 5.74) is 2.55. The molecule has 0 saturated heterocycles. The molecular weight excluding hydrogens is 335 g/mol. The van der Waals surface area contributed by atoms with Crippen LogP contribution in [0.5, 0.6) is 0 Å². The Hall–Kier alpha value is -0.540. The molecule has 0 aromatic heterocycles. The van der Waals surface area contributed by atoms with E-state index in [1.807, 2.05) is 25.1 Å². The summed E-state index contributed by atoms with van der Waals surface area (Å²) in [7, 11) is 0. The SMILES string of the molecule is Cc1ccc(C(O)c2ccc(Cl)cc2Cl)c(Br)c1. The van der Waals surface area contributed by atoms with Crippen molar-refractivity contribution in [2.75, 3.05) is 0 Å². The summed E-state index contributed by atoms with van der Waals surface area (Å²) in [6.07, 6.45) is -0.773. The van der Waals surface area contributed by atoms with Crippen molar-refractivity contribution in [3.05, 3.63) is 67.6 Å². The lowest BCUT2D eigenvalue weighted by Crippen LogP contribution is -2.01. The molecule has 0 aliphatic heterocycles. The van der Waals surface area contributed by atoms with Gasteiger partial charge in [-0.15, -0.1) is 0 Å². The van der Waals surface area contributed by atoms with E-state index in [-0.39, 0.29) is 0 Å². The van der Waals surface area contributed by atoms with Crippen LogP contribution in [0.15, 0.2) is 40.9 Å². The third-order valence-corrected chi connectivity index (χ3v) is 3.96. The van der Waals surface area contributed by atoms with Gasteiger partial charge in [-0.3, -0.25) is 0 Å². The molecule has 0 spiro atoms. The number of hydrogen-bond acceptors (Lipinski definition) is 1. The first-order valence-corrected chi connectivity index (χ1v) is 6.93. The number of aliphatic hydroxyl groups is 1. The molecule has 2 aromatic rings. The lowest BCUT2D eigenvalue weighted by atomic mass is 10.0. The first-order valence-electron chi connectivity index (χ1n) is 5.38. The Balaban J connectivity index is 2.44. The minimum absolute atomic E-state index is 0.461. The van der Waals surface area contributed by atoms with Crippen LogP contribution in [-0.4, -0.2) is 5.11 Å². The van der Waals surface area contributed by atoms with Crippen LogP contribution in [0.2, 0.25) is 10.0 Å². The molecule has 18 heavy (non-hydrogen) atoms. The van der Waals surface area contributed by atoms with Gasteiger partial charge in [-0.05, 0) is 36.2 Å². The molecule has 0 saturated carbocycles. The van der Waals surface area contributed by atoms with Crippen molar-refractivity contribution in [2.45, 2.75) is 13.0 Å². The van der Waals surface area contributed by atoms with Crippen LogP contribution in [0.25, 0.3) is 0 Å². The molecule has 1 nitrogen and oxygen atoms in total. The third-order valence-electron chi connectivity index (χ3n) is 2.71. The Morgan fingerprint density at radius 3 is 2.33 bits per heavy atom. The summed E-state index contributed by atoms with van der Waals surface area (Å²) < 4.78 is 0.862. The number of rotatable bonds is 2. The monoisotopic (exact) mass is 344 g/mol. The Morgan fingerprint density at radius 1 is 1.06 bits per heavy atom. The van der Waals surface area contributed by atoms with E-state index < -0.39 is 6.10 Å². The van der Waals surface area contributed by atoms with Gasteiger partial charge in [-0.25, -0.2) is 0 Å². The second-order valence-corrected chi connectivity index (χ2v) is 5.79. The Morgan fingerprint density at radius 2 is 1.72 bits per heavy atom. The van der Waals surface area contributed by atoms with Crippen molar-refractivity contribution < 1.29 is 5.11 Å². The molecule has 94 valence electrons. The van der Waals surface area contributed by atoms with Crippen molar-refractivity contribution in [3.8, 4) is 0 Å². The van der Waals surface area contributed by atoms with Gasteiger partial charge in [-0.2, -0.15) is 0 Å². The van der Waals surface area contributed by atoms with Crippen LogP contribution in [0.4, 0.5) is 0 Å². The highest BCUT2D eigenvalue weighted by atomic mass is 79.9. The molecular formula is C14H11BrCl2O. The van der Waals surface area contributed by atoms with Crippen LogP contribution in [0.3, 0.4) is 0 Å². The van der Waals surface area contributed by atoms with E-state index in [4.69, 9.17) is 23.2 Å². The maximum Gasteiger partial charge on any atom is 0.107 e. The average Bonchev–Trinajstić information content (AvgIpc) is 2.28. The second kappa shape index (κ2) is 5.62. The van der Waals surface area contributed by atoms with Crippen molar-refractivity contribution >= 4 is 39.1 Å². The number of aryl methyl sites for hydroxylation is 1. The van der Waals surface area contributed by atoms with Crippen molar-refractivity contribution in [1.29, 1.82) is 0 Å². The van der Waals surface area contributed by atoms with Crippen LogP contribution >= 0.6 is 39.1 Å². The summed E-state index contributed by atoms with van der Waals surface area (Å²) in [6, 6.07) is 10.9. The molecule has 0 aliphatic carbocycles. The fourth-order valence-electron chi connectivity index (χ4n) is 1.74. The highest BCUT2D eigenvalue weighted by molar-refractivity contribution is 9.10. The zero-order valence-electron chi connectivity index (χ0n) is 9.62. The summed E-state index contributed by atoms with van der Waals surface area (Å²) in [4.78, 5) is 0. The van der Waals surface area contributed by atoms with Gasteiger partial charge in [0.2, 0.25) is 0 Å². The van der Waals surface area contributed by atoms with Gasteiger partial charge in [0.05, 0.1) is 0 Å². The molecule has 0 radical (unpaired) electrons. The van der Waals surface area contributed by atoms with E-state index in [0.717, 1.165) is 15.6 Å². The van der Waals surface area contributed by atoms with Crippen molar-refractivity contribution in [2.24, 2.45) is 0 Å². The summed E-state index contributed by atoms with van der Waals surface area (Å²) in [5, 5.41) is 11.4. The average molecular weight is 346 g/mol. The van der Waals surface area contributed by atoms with E-state index >= 15 is 0 Å². The van der Waals surface area contributed by atoms with E-state index in [1.165, 1.54) is 0 Å². The predicted molar refractivity (Wildman–Crippen MR) is 79.4 cm³/mol. The lowest BCUT2D eigenvalue weighted by Gasteiger charge is -2.15. The fourth-order valence-corrected chi connectivity index (χ4v) is 2.97. The van der Waals surface area contributed by atoms with Gasteiger partial charge in [0.1, 0.15) is 6.10 Å². The topological polar surface area (TPSA) is 20.2 Å². The molecule has 4 heteroatoms. The normalized spacial score (nSPS) is 12.5. The lowest BCUT2D eigenvalue weighted by molar-refractivity contribution is 0.219. The minimum Gasteiger partial charge on any atom is -0.384 e. The van der Waals surface area contributed by atoms with E-state index in [9.17, 15) is 5.11 Å². The summed E-state index contributed by atoms with van der Waals surface area (Å²) in [6.45, 7) is 2.00. The number of hydrogen-bond donors (Lipinski definition) is 1. The third kappa shape index (κ3) is 2.89. The Kier molecular flexibility index (Phi) is 4.33. The highest BCUT2D eigenvalue weighted by Crippen LogP contribution is 2.34. The molecule has 0 bridgehead atoms. The van der Waals surface area contributed by atoms with Crippen molar-refractivity contribution in [1.82, 2.24) is 0 Å². The van der Waals surface area contributed by atoms with Crippen LogP contribution in [0, 0.1) is 6.92 Å². The molecule has 2 rings (SSSR count). The minimum atomic E-state index is -0.773. The predicted octanol–water partition coefficient (Wildman–Crippen LogP) is 5.15. The quantitative estimate of drug-likeness (QED) is 0.798. The van der Waals surface area contributed by atoms with Gasteiger partial charge in [0.15, 0.2) is 0 Å². The maximum atomic E-state index is 10.4. The highest BCUT2D eigenvalue weighted by Gasteiger charge is 2.16. The van der Waals surface area contributed by atoms with E-state index in [2.05, 4.69) is 15.9 Å². The zero-order chi connectivity index (χ0) is 13.3. The fraction of sp³-hybridized carbons (Fsp3) is 0.143. The van der Waals surface area contributed by atoms with E-state index in [0.29, 0.717) is 15.6 Å². The maximum absolute atomic E-state index is 10.4. The molecule has 0 heterocycles. The Bertz CT molecular complexity index is 533.